The Kier molecular flexibility index (Phi) is 3.93. The van der Waals surface area contributed by atoms with Gasteiger partial charge < -0.3 is 5.11 Å². The Balaban J connectivity index is 2.50. The Morgan fingerprint density at radius 1 is 1.00 bits per heavy atom. The molecule has 0 radical (unpaired) electrons. The predicted molar refractivity (Wildman–Crippen MR) is 57.0 cm³/mol. The SMILES string of the molecule is CC(C)(C)C(O)C1CCC(C(F)(F)F)CC1. The first-order valence-electron chi connectivity index (χ1n) is 5.87. The molecule has 1 nitrogen and oxygen atoms in total. The van der Waals surface area contributed by atoms with Crippen molar-refractivity contribution in [2.75, 3.05) is 0 Å². The summed E-state index contributed by atoms with van der Waals surface area (Å²) in [6.07, 6.45) is -3.24. The largest absolute Gasteiger partial charge is 0.392 e. The van der Waals surface area contributed by atoms with E-state index in [9.17, 15) is 18.3 Å². The van der Waals surface area contributed by atoms with Crippen LogP contribution in [0.15, 0.2) is 0 Å². The van der Waals surface area contributed by atoms with Gasteiger partial charge in [0.25, 0.3) is 0 Å². The molecule has 0 saturated heterocycles. The number of hydrogen-bond donors (Lipinski definition) is 1. The molecule has 1 aliphatic carbocycles. The lowest BCUT2D eigenvalue weighted by molar-refractivity contribution is -0.187. The van der Waals surface area contributed by atoms with Gasteiger partial charge in [-0.05, 0) is 37.0 Å². The molecular formula is C12H21F3O. The first-order chi connectivity index (χ1) is 7.12. The zero-order valence-corrected chi connectivity index (χ0v) is 10.1. The van der Waals surface area contributed by atoms with E-state index < -0.39 is 18.2 Å². The van der Waals surface area contributed by atoms with Crippen molar-refractivity contribution in [3.05, 3.63) is 0 Å². The fourth-order valence-corrected chi connectivity index (χ4v) is 2.47. The number of alkyl halides is 3. The van der Waals surface area contributed by atoms with Crippen LogP contribution in [0.5, 0.6) is 0 Å². The topological polar surface area (TPSA) is 20.2 Å². The second-order valence-electron chi connectivity index (χ2n) is 5.96. The second kappa shape index (κ2) is 4.55. The van der Waals surface area contributed by atoms with Crippen LogP contribution in [0.4, 0.5) is 13.2 Å². The van der Waals surface area contributed by atoms with E-state index in [4.69, 9.17) is 0 Å². The molecule has 96 valence electrons. The van der Waals surface area contributed by atoms with Crippen LogP contribution >= 0.6 is 0 Å². The van der Waals surface area contributed by atoms with Crippen molar-refractivity contribution < 1.29 is 18.3 Å². The summed E-state index contributed by atoms with van der Waals surface area (Å²) in [4.78, 5) is 0. The molecule has 1 N–H and O–H groups in total. The molecule has 1 rings (SSSR count). The highest BCUT2D eigenvalue weighted by atomic mass is 19.4. The highest BCUT2D eigenvalue weighted by Crippen LogP contribution is 2.42. The van der Waals surface area contributed by atoms with Gasteiger partial charge in [0.05, 0.1) is 12.0 Å². The number of rotatable bonds is 1. The molecule has 1 fully saturated rings. The van der Waals surface area contributed by atoms with Crippen molar-refractivity contribution in [3.8, 4) is 0 Å². The maximum atomic E-state index is 12.4. The summed E-state index contributed by atoms with van der Waals surface area (Å²) in [5.74, 6) is -1.13. The van der Waals surface area contributed by atoms with E-state index in [1.165, 1.54) is 0 Å². The van der Waals surface area contributed by atoms with Crippen LogP contribution in [-0.4, -0.2) is 17.4 Å². The minimum absolute atomic E-state index is 0.0265. The van der Waals surface area contributed by atoms with Gasteiger partial charge in [-0.15, -0.1) is 0 Å². The molecular weight excluding hydrogens is 217 g/mol. The molecule has 0 spiro atoms. The summed E-state index contributed by atoms with van der Waals surface area (Å²) in [5.41, 5.74) is -0.240. The number of hydrogen-bond acceptors (Lipinski definition) is 1. The summed E-state index contributed by atoms with van der Waals surface area (Å²) >= 11 is 0. The quantitative estimate of drug-likeness (QED) is 0.737. The summed E-state index contributed by atoms with van der Waals surface area (Å²) in [5, 5.41) is 10.0. The average molecular weight is 238 g/mol. The van der Waals surface area contributed by atoms with Gasteiger partial charge in [0, 0.05) is 0 Å². The summed E-state index contributed by atoms with van der Waals surface area (Å²) in [6, 6.07) is 0. The molecule has 1 saturated carbocycles. The summed E-state index contributed by atoms with van der Waals surface area (Å²) in [6.45, 7) is 5.77. The molecule has 0 bridgehead atoms. The van der Waals surface area contributed by atoms with Crippen molar-refractivity contribution in [2.24, 2.45) is 17.3 Å². The zero-order valence-electron chi connectivity index (χ0n) is 10.1. The van der Waals surface area contributed by atoms with E-state index in [-0.39, 0.29) is 24.2 Å². The van der Waals surface area contributed by atoms with E-state index in [0.717, 1.165) is 0 Å². The van der Waals surface area contributed by atoms with E-state index in [1.54, 1.807) is 0 Å². The van der Waals surface area contributed by atoms with E-state index >= 15 is 0 Å². The third-order valence-corrected chi connectivity index (χ3v) is 3.57. The lowest BCUT2D eigenvalue weighted by Gasteiger charge is -2.37. The molecule has 1 atom stereocenters. The standard InChI is InChI=1S/C12H21F3O/c1-11(2,3)10(16)8-4-6-9(7-5-8)12(13,14)15/h8-10,16H,4-7H2,1-3H3. The van der Waals surface area contributed by atoms with Gasteiger partial charge in [0.1, 0.15) is 0 Å². The molecule has 0 aromatic rings. The molecule has 0 aromatic heterocycles. The highest BCUT2D eigenvalue weighted by molar-refractivity contribution is 4.85. The van der Waals surface area contributed by atoms with Crippen LogP contribution in [-0.2, 0) is 0 Å². The normalized spacial score (nSPS) is 30.2. The minimum atomic E-state index is -4.06. The van der Waals surface area contributed by atoms with E-state index in [1.807, 2.05) is 20.8 Å². The third-order valence-electron chi connectivity index (χ3n) is 3.57. The monoisotopic (exact) mass is 238 g/mol. The van der Waals surface area contributed by atoms with Crippen molar-refractivity contribution in [1.82, 2.24) is 0 Å². The predicted octanol–water partition coefficient (Wildman–Crippen LogP) is 3.76. The zero-order chi connectivity index (χ0) is 12.6. The van der Waals surface area contributed by atoms with E-state index in [0.29, 0.717) is 12.8 Å². The average Bonchev–Trinajstić information content (AvgIpc) is 2.14. The van der Waals surface area contributed by atoms with Crippen molar-refractivity contribution in [1.29, 1.82) is 0 Å². The van der Waals surface area contributed by atoms with Crippen LogP contribution in [0.1, 0.15) is 46.5 Å². The molecule has 0 heterocycles. The summed E-state index contributed by atoms with van der Waals surface area (Å²) in [7, 11) is 0. The number of aliphatic hydroxyl groups is 1. The van der Waals surface area contributed by atoms with Gasteiger partial charge in [-0.3, -0.25) is 0 Å². The molecule has 4 heteroatoms. The molecule has 0 aliphatic heterocycles. The van der Waals surface area contributed by atoms with E-state index in [2.05, 4.69) is 0 Å². The maximum absolute atomic E-state index is 12.4. The number of halogens is 3. The van der Waals surface area contributed by atoms with Gasteiger partial charge in [0.15, 0.2) is 0 Å². The molecule has 1 unspecified atom stereocenters. The van der Waals surface area contributed by atoms with Gasteiger partial charge in [-0.1, -0.05) is 20.8 Å². The Morgan fingerprint density at radius 2 is 1.44 bits per heavy atom. The Bertz CT molecular complexity index is 221. The maximum Gasteiger partial charge on any atom is 0.391 e. The molecule has 0 aromatic carbocycles. The molecule has 1 aliphatic rings. The van der Waals surface area contributed by atoms with Gasteiger partial charge in [0.2, 0.25) is 0 Å². The Labute approximate surface area is 95.0 Å². The lowest BCUT2D eigenvalue weighted by atomic mass is 9.72. The van der Waals surface area contributed by atoms with Crippen molar-refractivity contribution in [2.45, 2.75) is 58.7 Å². The summed E-state index contributed by atoms with van der Waals surface area (Å²) < 4.78 is 37.3. The Hall–Kier alpha value is -0.250. The third kappa shape index (κ3) is 3.37. The van der Waals surface area contributed by atoms with Crippen LogP contribution in [0.3, 0.4) is 0 Å². The van der Waals surface area contributed by atoms with Crippen LogP contribution in [0, 0.1) is 17.3 Å². The van der Waals surface area contributed by atoms with Crippen LogP contribution in [0.2, 0.25) is 0 Å². The first kappa shape index (κ1) is 13.8. The minimum Gasteiger partial charge on any atom is -0.392 e. The lowest BCUT2D eigenvalue weighted by Crippen LogP contribution is -2.38. The van der Waals surface area contributed by atoms with Crippen molar-refractivity contribution in [3.63, 3.8) is 0 Å². The highest BCUT2D eigenvalue weighted by Gasteiger charge is 2.43. The van der Waals surface area contributed by atoms with Gasteiger partial charge in [-0.25, -0.2) is 0 Å². The van der Waals surface area contributed by atoms with Crippen molar-refractivity contribution >= 4 is 0 Å². The fraction of sp³-hybridized carbons (Fsp3) is 1.00. The van der Waals surface area contributed by atoms with Gasteiger partial charge in [-0.2, -0.15) is 13.2 Å². The molecule has 16 heavy (non-hydrogen) atoms. The van der Waals surface area contributed by atoms with Gasteiger partial charge >= 0.3 is 6.18 Å². The van der Waals surface area contributed by atoms with Crippen LogP contribution < -0.4 is 0 Å². The second-order valence-corrected chi connectivity index (χ2v) is 5.96. The Morgan fingerprint density at radius 3 is 1.75 bits per heavy atom. The van der Waals surface area contributed by atoms with Crippen LogP contribution in [0.25, 0.3) is 0 Å². The smallest absolute Gasteiger partial charge is 0.391 e. The molecule has 0 amide bonds. The fourth-order valence-electron chi connectivity index (χ4n) is 2.47. The first-order valence-corrected chi connectivity index (χ1v) is 5.87. The number of aliphatic hydroxyl groups excluding tert-OH is 1.